The maximum atomic E-state index is 13.4. The van der Waals surface area contributed by atoms with E-state index in [-0.39, 0.29) is 6.54 Å². The molecule has 7 heteroatoms. The van der Waals surface area contributed by atoms with Gasteiger partial charge in [0.1, 0.15) is 12.1 Å². The first-order valence-electron chi connectivity index (χ1n) is 10.8. The molecule has 0 bridgehead atoms. The number of rotatable bonds is 4. The number of esters is 1. The predicted octanol–water partition coefficient (Wildman–Crippen LogP) is 2.04. The molecule has 2 aliphatic rings. The third-order valence-electron chi connectivity index (χ3n) is 6.14. The van der Waals surface area contributed by atoms with Gasteiger partial charge in [-0.15, -0.1) is 0 Å². The van der Waals surface area contributed by atoms with E-state index >= 15 is 0 Å². The Hall–Kier alpha value is -3.81. The summed E-state index contributed by atoms with van der Waals surface area (Å²) in [5.74, 6) is -1.39. The summed E-state index contributed by atoms with van der Waals surface area (Å²) in [6.45, 7) is 0.610. The van der Waals surface area contributed by atoms with Crippen LogP contribution in [0.25, 0.3) is 0 Å². The molecule has 5 rings (SSSR count). The molecule has 166 valence electrons. The van der Waals surface area contributed by atoms with Crippen molar-refractivity contribution in [2.45, 2.75) is 17.8 Å². The van der Waals surface area contributed by atoms with E-state index in [2.05, 4.69) is 10.6 Å². The summed E-state index contributed by atoms with van der Waals surface area (Å²) in [4.78, 5) is 41.0. The smallest absolute Gasteiger partial charge is 0.327 e. The van der Waals surface area contributed by atoms with Crippen molar-refractivity contribution in [1.29, 1.82) is 0 Å². The van der Waals surface area contributed by atoms with Crippen LogP contribution in [0.4, 0.5) is 0 Å². The van der Waals surface area contributed by atoms with Gasteiger partial charge in [-0.1, -0.05) is 78.9 Å². The van der Waals surface area contributed by atoms with Crippen LogP contribution >= 0.6 is 0 Å². The van der Waals surface area contributed by atoms with Crippen LogP contribution in [0.1, 0.15) is 21.5 Å². The molecule has 7 nitrogen and oxygen atoms in total. The molecule has 33 heavy (non-hydrogen) atoms. The number of benzene rings is 3. The highest BCUT2D eigenvalue weighted by atomic mass is 16.6. The summed E-state index contributed by atoms with van der Waals surface area (Å²) in [5, 5.41) is 5.66. The summed E-state index contributed by atoms with van der Waals surface area (Å²) < 4.78 is 6.12. The number of piperazine rings is 1. The molecule has 0 spiro atoms. The summed E-state index contributed by atoms with van der Waals surface area (Å²) in [5.41, 5.74) is 0.573. The lowest BCUT2D eigenvalue weighted by Crippen LogP contribution is -2.66. The van der Waals surface area contributed by atoms with E-state index in [4.69, 9.17) is 4.74 Å². The van der Waals surface area contributed by atoms with Crippen molar-refractivity contribution in [3.63, 3.8) is 0 Å². The van der Waals surface area contributed by atoms with Gasteiger partial charge in [-0.3, -0.25) is 19.7 Å². The van der Waals surface area contributed by atoms with Gasteiger partial charge in [-0.05, 0) is 12.1 Å². The number of cyclic esters (lactones) is 1. The molecule has 2 unspecified atom stereocenters. The molecule has 2 atom stereocenters. The van der Waals surface area contributed by atoms with E-state index in [0.717, 1.165) is 11.1 Å². The third kappa shape index (κ3) is 3.61. The number of fused-ring (bicyclic) bond motifs is 1. The molecule has 2 N–H and O–H groups in total. The van der Waals surface area contributed by atoms with Gasteiger partial charge in [0, 0.05) is 29.8 Å². The van der Waals surface area contributed by atoms with Gasteiger partial charge in [0.05, 0.1) is 0 Å². The molecule has 0 saturated carbocycles. The Morgan fingerprint density at radius 2 is 1.39 bits per heavy atom. The van der Waals surface area contributed by atoms with E-state index in [1.165, 1.54) is 0 Å². The van der Waals surface area contributed by atoms with Crippen molar-refractivity contribution in [3.05, 3.63) is 108 Å². The largest absolute Gasteiger partial charge is 0.434 e. The van der Waals surface area contributed by atoms with Gasteiger partial charge in [-0.25, -0.2) is 4.90 Å². The number of hydrogen-bond acceptors (Lipinski definition) is 6. The molecular weight excluding hydrogens is 418 g/mol. The number of nitrogens with one attached hydrogen (secondary N) is 2. The van der Waals surface area contributed by atoms with Gasteiger partial charge in [0.25, 0.3) is 5.91 Å². The Morgan fingerprint density at radius 1 is 0.848 bits per heavy atom. The van der Waals surface area contributed by atoms with Crippen LogP contribution in [-0.2, 0) is 20.1 Å². The Morgan fingerprint density at radius 3 is 1.97 bits per heavy atom. The zero-order valence-corrected chi connectivity index (χ0v) is 17.8. The van der Waals surface area contributed by atoms with E-state index in [1.54, 1.807) is 30.3 Å². The molecule has 2 aliphatic heterocycles. The highest BCUT2D eigenvalue weighted by Crippen LogP contribution is 2.45. The van der Waals surface area contributed by atoms with Crippen molar-refractivity contribution in [2.24, 2.45) is 0 Å². The minimum absolute atomic E-state index is 0.266. The second-order valence-corrected chi connectivity index (χ2v) is 8.08. The van der Waals surface area contributed by atoms with Crippen LogP contribution in [-0.4, -0.2) is 47.9 Å². The summed E-state index contributed by atoms with van der Waals surface area (Å²) in [6.07, 6.45) is 0. The molecule has 2 fully saturated rings. The zero-order chi connectivity index (χ0) is 22.8. The minimum Gasteiger partial charge on any atom is -0.434 e. The Kier molecular flexibility index (Phi) is 5.50. The van der Waals surface area contributed by atoms with Crippen molar-refractivity contribution in [2.75, 3.05) is 13.1 Å². The third-order valence-corrected chi connectivity index (χ3v) is 6.14. The van der Waals surface area contributed by atoms with Gasteiger partial charge >= 0.3 is 5.97 Å². The Bertz CT molecular complexity index is 1130. The lowest BCUT2D eigenvalue weighted by atomic mass is 9.90. The number of hydrogen-bond donors (Lipinski definition) is 2. The highest BCUT2D eigenvalue weighted by molar-refractivity contribution is 6.06. The first kappa shape index (κ1) is 21.1. The normalized spacial score (nSPS) is 21.6. The SMILES string of the molecule is O=C(NC(=O)C1CNCC2C(=O)OC(c3ccccc3)(c3ccccc3)N12)c1ccccc1. The fraction of sp³-hybridized carbons (Fsp3) is 0.192. The van der Waals surface area contributed by atoms with Crippen molar-refractivity contribution in [1.82, 2.24) is 15.5 Å². The number of amides is 2. The van der Waals surface area contributed by atoms with Crippen LogP contribution in [0.3, 0.4) is 0 Å². The van der Waals surface area contributed by atoms with Crippen LogP contribution in [0, 0.1) is 0 Å². The number of imide groups is 1. The molecule has 2 saturated heterocycles. The first-order chi connectivity index (χ1) is 16.1. The first-order valence-corrected chi connectivity index (χ1v) is 10.8. The summed E-state index contributed by atoms with van der Waals surface area (Å²) in [6, 6.07) is 25.9. The summed E-state index contributed by atoms with van der Waals surface area (Å²) >= 11 is 0. The zero-order valence-electron chi connectivity index (χ0n) is 17.8. The van der Waals surface area contributed by atoms with E-state index < -0.39 is 35.6 Å². The average Bonchev–Trinajstić information content (AvgIpc) is 3.19. The highest BCUT2D eigenvalue weighted by Gasteiger charge is 2.60. The fourth-order valence-electron chi connectivity index (χ4n) is 4.66. The van der Waals surface area contributed by atoms with Gasteiger partial charge in [0.2, 0.25) is 11.6 Å². The maximum absolute atomic E-state index is 13.4. The lowest BCUT2D eigenvalue weighted by Gasteiger charge is -2.44. The van der Waals surface area contributed by atoms with E-state index in [1.807, 2.05) is 65.6 Å². The Balaban J connectivity index is 1.57. The molecule has 0 radical (unpaired) electrons. The molecule has 0 aromatic heterocycles. The Labute approximate surface area is 191 Å². The molecule has 3 aromatic rings. The number of ether oxygens (including phenoxy) is 1. The number of carbonyl (C=O) groups excluding carboxylic acids is 3. The van der Waals surface area contributed by atoms with Crippen LogP contribution < -0.4 is 10.6 Å². The summed E-state index contributed by atoms with van der Waals surface area (Å²) in [7, 11) is 0. The van der Waals surface area contributed by atoms with Crippen LogP contribution in [0.15, 0.2) is 91.0 Å². The second kappa shape index (κ2) is 8.61. The van der Waals surface area contributed by atoms with E-state index in [9.17, 15) is 14.4 Å². The molecule has 2 amide bonds. The lowest BCUT2D eigenvalue weighted by molar-refractivity contribution is -0.153. The number of carbonyl (C=O) groups is 3. The maximum Gasteiger partial charge on any atom is 0.327 e. The molecular formula is C26H23N3O4. The van der Waals surface area contributed by atoms with Crippen LogP contribution in [0.2, 0.25) is 0 Å². The van der Waals surface area contributed by atoms with Crippen LogP contribution in [0.5, 0.6) is 0 Å². The average molecular weight is 441 g/mol. The predicted molar refractivity (Wildman–Crippen MR) is 121 cm³/mol. The quantitative estimate of drug-likeness (QED) is 0.476. The second-order valence-electron chi connectivity index (χ2n) is 8.08. The van der Waals surface area contributed by atoms with Gasteiger partial charge < -0.3 is 10.1 Å². The molecule has 0 aliphatic carbocycles. The standard InChI is InChI=1S/C26H23N3O4/c30-23(18-10-4-1-5-11-18)28-24(31)21-16-27-17-22-25(32)33-26(29(21)22,19-12-6-2-7-13-19)20-14-8-3-9-15-20/h1-15,21-22,27H,16-17H2,(H,28,30,31). The topological polar surface area (TPSA) is 87.7 Å². The molecule has 3 aromatic carbocycles. The number of nitrogens with zero attached hydrogens (tertiary/aromatic N) is 1. The van der Waals surface area contributed by atoms with Crippen molar-refractivity contribution in [3.8, 4) is 0 Å². The van der Waals surface area contributed by atoms with Gasteiger partial charge in [0.15, 0.2) is 0 Å². The minimum atomic E-state index is -1.29. The molecule has 2 heterocycles. The van der Waals surface area contributed by atoms with Crippen molar-refractivity contribution < 1.29 is 19.1 Å². The monoisotopic (exact) mass is 441 g/mol. The fourth-order valence-corrected chi connectivity index (χ4v) is 4.66. The van der Waals surface area contributed by atoms with Gasteiger partial charge in [-0.2, -0.15) is 0 Å². The van der Waals surface area contributed by atoms with E-state index in [0.29, 0.717) is 12.1 Å². The van der Waals surface area contributed by atoms with Crippen molar-refractivity contribution >= 4 is 17.8 Å².